The molecule has 6 heteroatoms. The number of hydrogen-bond donors (Lipinski definition) is 1. The summed E-state index contributed by atoms with van der Waals surface area (Å²) in [5.74, 6) is 0. The highest BCUT2D eigenvalue weighted by atomic mass is 32.2. The highest BCUT2D eigenvalue weighted by Gasteiger charge is 2.23. The van der Waals surface area contributed by atoms with Gasteiger partial charge in [0.25, 0.3) is 0 Å². The van der Waals surface area contributed by atoms with Gasteiger partial charge in [-0.2, -0.15) is 0 Å². The molecular weight excluding hydrogens is 304 g/mol. The van der Waals surface area contributed by atoms with E-state index in [-0.39, 0.29) is 4.90 Å². The average molecular weight is 324 g/mol. The van der Waals surface area contributed by atoms with Crippen LogP contribution in [0, 0.1) is 13.8 Å². The number of sulfonamides is 1. The van der Waals surface area contributed by atoms with E-state index in [1.54, 1.807) is 30.5 Å². The Balaban J connectivity index is 2.22. The Kier molecular flexibility index (Phi) is 4.70. The first-order chi connectivity index (χ1) is 9.82. The standard InChI is InChI=1S/C15H20N2O2S2/c1-11-9-14(16)15(10-12(11)2)21(18,19)17(3)7-6-13-5-4-8-20-13/h4-5,8-10H,6-7,16H2,1-3H3. The fourth-order valence-electron chi connectivity index (χ4n) is 2.05. The van der Waals surface area contributed by atoms with E-state index in [0.717, 1.165) is 11.1 Å². The van der Waals surface area contributed by atoms with Crippen molar-refractivity contribution < 1.29 is 8.42 Å². The number of anilines is 1. The number of likely N-dealkylation sites (N-methyl/N-ethyl adjacent to an activating group) is 1. The molecule has 0 atom stereocenters. The Bertz CT molecular complexity index is 722. The summed E-state index contributed by atoms with van der Waals surface area (Å²) in [6.07, 6.45) is 0.706. The predicted molar refractivity (Wildman–Crippen MR) is 88.2 cm³/mol. The van der Waals surface area contributed by atoms with E-state index in [1.807, 2.05) is 31.4 Å². The summed E-state index contributed by atoms with van der Waals surface area (Å²) in [7, 11) is -1.95. The van der Waals surface area contributed by atoms with Crippen LogP contribution in [-0.4, -0.2) is 26.3 Å². The molecule has 0 saturated heterocycles. The molecule has 0 aliphatic carbocycles. The molecule has 1 aromatic heterocycles. The third-order valence-corrected chi connectivity index (χ3v) is 6.42. The second-order valence-electron chi connectivity index (χ2n) is 5.13. The van der Waals surface area contributed by atoms with Crippen molar-refractivity contribution in [3.8, 4) is 0 Å². The van der Waals surface area contributed by atoms with Gasteiger partial charge in [0.1, 0.15) is 4.90 Å². The molecule has 114 valence electrons. The maximum Gasteiger partial charge on any atom is 0.244 e. The highest BCUT2D eigenvalue weighted by molar-refractivity contribution is 7.89. The number of benzene rings is 1. The number of nitrogens with two attached hydrogens (primary N) is 1. The number of rotatable bonds is 5. The summed E-state index contributed by atoms with van der Waals surface area (Å²) in [6, 6.07) is 7.35. The lowest BCUT2D eigenvalue weighted by molar-refractivity contribution is 0.474. The minimum atomic E-state index is -3.55. The van der Waals surface area contributed by atoms with Crippen molar-refractivity contribution in [2.75, 3.05) is 19.3 Å². The van der Waals surface area contributed by atoms with Crippen molar-refractivity contribution in [3.05, 3.63) is 45.6 Å². The summed E-state index contributed by atoms with van der Waals surface area (Å²) in [5, 5.41) is 1.99. The zero-order chi connectivity index (χ0) is 15.6. The smallest absolute Gasteiger partial charge is 0.244 e. The lowest BCUT2D eigenvalue weighted by atomic mass is 10.1. The van der Waals surface area contributed by atoms with Gasteiger partial charge >= 0.3 is 0 Å². The molecule has 0 fully saturated rings. The molecule has 2 N–H and O–H groups in total. The molecular formula is C15H20N2O2S2. The van der Waals surface area contributed by atoms with Crippen molar-refractivity contribution in [3.63, 3.8) is 0 Å². The SMILES string of the molecule is Cc1cc(N)c(S(=O)(=O)N(C)CCc2cccs2)cc1C. The molecule has 4 nitrogen and oxygen atoms in total. The number of nitrogens with zero attached hydrogens (tertiary/aromatic N) is 1. The summed E-state index contributed by atoms with van der Waals surface area (Å²) >= 11 is 1.63. The first-order valence-electron chi connectivity index (χ1n) is 6.68. The van der Waals surface area contributed by atoms with Gasteiger partial charge in [-0.05, 0) is 55.0 Å². The highest BCUT2D eigenvalue weighted by Crippen LogP contribution is 2.25. The van der Waals surface area contributed by atoms with E-state index in [1.165, 1.54) is 9.18 Å². The molecule has 0 radical (unpaired) electrons. The lowest BCUT2D eigenvalue weighted by Gasteiger charge is -2.19. The Hall–Kier alpha value is -1.37. The third-order valence-electron chi connectivity index (χ3n) is 3.57. The van der Waals surface area contributed by atoms with E-state index in [2.05, 4.69) is 0 Å². The summed E-state index contributed by atoms with van der Waals surface area (Å²) < 4.78 is 26.6. The molecule has 0 unspecified atom stereocenters. The molecule has 0 bridgehead atoms. The van der Waals surface area contributed by atoms with Crippen LogP contribution < -0.4 is 5.73 Å². The van der Waals surface area contributed by atoms with Crippen LogP contribution in [-0.2, 0) is 16.4 Å². The van der Waals surface area contributed by atoms with Crippen molar-refractivity contribution in [2.45, 2.75) is 25.2 Å². The molecule has 1 heterocycles. The quantitative estimate of drug-likeness (QED) is 0.860. The zero-order valence-corrected chi connectivity index (χ0v) is 14.1. The lowest BCUT2D eigenvalue weighted by Crippen LogP contribution is -2.29. The predicted octanol–water partition coefficient (Wildman–Crippen LogP) is 2.81. The molecule has 0 saturated carbocycles. The van der Waals surface area contributed by atoms with Gasteiger partial charge in [0.15, 0.2) is 0 Å². The number of hydrogen-bond acceptors (Lipinski definition) is 4. The monoisotopic (exact) mass is 324 g/mol. The molecule has 2 rings (SSSR count). The van der Waals surface area contributed by atoms with Gasteiger partial charge in [0.2, 0.25) is 10.0 Å². The van der Waals surface area contributed by atoms with Crippen molar-refractivity contribution in [1.82, 2.24) is 4.31 Å². The van der Waals surface area contributed by atoms with Gasteiger partial charge in [-0.3, -0.25) is 0 Å². The Morgan fingerprint density at radius 3 is 2.52 bits per heavy atom. The van der Waals surface area contributed by atoms with Crippen molar-refractivity contribution in [2.24, 2.45) is 0 Å². The maximum absolute atomic E-state index is 12.6. The van der Waals surface area contributed by atoms with E-state index in [0.29, 0.717) is 18.7 Å². The topological polar surface area (TPSA) is 63.4 Å². The number of nitrogen functional groups attached to an aromatic ring is 1. The third kappa shape index (κ3) is 3.45. The molecule has 1 aromatic carbocycles. The van der Waals surface area contributed by atoms with Crippen LogP contribution in [0.2, 0.25) is 0 Å². The van der Waals surface area contributed by atoms with Crippen LogP contribution in [0.4, 0.5) is 5.69 Å². The minimum Gasteiger partial charge on any atom is -0.398 e. The summed E-state index contributed by atoms with van der Waals surface area (Å²) in [5.41, 5.74) is 8.13. The van der Waals surface area contributed by atoms with Gasteiger partial charge in [0, 0.05) is 18.5 Å². The van der Waals surface area contributed by atoms with E-state index in [4.69, 9.17) is 5.73 Å². The molecule has 0 amide bonds. The number of thiophene rings is 1. The van der Waals surface area contributed by atoms with E-state index in [9.17, 15) is 8.42 Å². The fraction of sp³-hybridized carbons (Fsp3) is 0.333. The normalized spacial score (nSPS) is 12.0. The van der Waals surface area contributed by atoms with Crippen LogP contribution in [0.25, 0.3) is 0 Å². The van der Waals surface area contributed by atoms with Crippen LogP contribution >= 0.6 is 11.3 Å². The van der Waals surface area contributed by atoms with Crippen molar-refractivity contribution in [1.29, 1.82) is 0 Å². The summed E-state index contributed by atoms with van der Waals surface area (Å²) in [6.45, 7) is 4.25. The van der Waals surface area contributed by atoms with Gasteiger partial charge in [-0.15, -0.1) is 11.3 Å². The molecule has 0 aliphatic rings. The molecule has 21 heavy (non-hydrogen) atoms. The largest absolute Gasteiger partial charge is 0.398 e. The van der Waals surface area contributed by atoms with E-state index >= 15 is 0 Å². The second kappa shape index (κ2) is 6.17. The van der Waals surface area contributed by atoms with Crippen LogP contribution in [0.15, 0.2) is 34.5 Å². The summed E-state index contributed by atoms with van der Waals surface area (Å²) in [4.78, 5) is 1.37. The van der Waals surface area contributed by atoms with Crippen molar-refractivity contribution >= 4 is 27.0 Å². The van der Waals surface area contributed by atoms with Crippen LogP contribution in [0.1, 0.15) is 16.0 Å². The Morgan fingerprint density at radius 1 is 1.24 bits per heavy atom. The molecule has 0 spiro atoms. The van der Waals surface area contributed by atoms with Crippen LogP contribution in [0.5, 0.6) is 0 Å². The second-order valence-corrected chi connectivity index (χ2v) is 8.18. The Labute approximate surface area is 130 Å². The fourth-order valence-corrected chi connectivity index (χ4v) is 4.09. The zero-order valence-electron chi connectivity index (χ0n) is 12.5. The first kappa shape index (κ1) is 16.0. The number of aryl methyl sites for hydroxylation is 2. The Morgan fingerprint density at radius 2 is 1.90 bits per heavy atom. The van der Waals surface area contributed by atoms with Gasteiger partial charge < -0.3 is 5.73 Å². The van der Waals surface area contributed by atoms with Gasteiger partial charge in [0.05, 0.1) is 5.69 Å². The van der Waals surface area contributed by atoms with Crippen LogP contribution in [0.3, 0.4) is 0 Å². The maximum atomic E-state index is 12.6. The molecule has 0 aliphatic heterocycles. The molecule has 2 aromatic rings. The van der Waals surface area contributed by atoms with Gasteiger partial charge in [-0.1, -0.05) is 6.07 Å². The first-order valence-corrected chi connectivity index (χ1v) is 9.00. The van der Waals surface area contributed by atoms with E-state index < -0.39 is 10.0 Å². The minimum absolute atomic E-state index is 0.194. The van der Waals surface area contributed by atoms with Gasteiger partial charge in [-0.25, -0.2) is 12.7 Å². The average Bonchev–Trinajstić information content (AvgIpc) is 2.93.